The zero-order valence-electron chi connectivity index (χ0n) is 14.4. The van der Waals surface area contributed by atoms with Crippen LogP contribution in [0.15, 0.2) is 48.5 Å². The lowest BCUT2D eigenvalue weighted by Gasteiger charge is -2.20. The van der Waals surface area contributed by atoms with Crippen molar-refractivity contribution >= 4 is 23.9 Å². The Kier molecular flexibility index (Phi) is 5.31. The van der Waals surface area contributed by atoms with Crippen molar-refractivity contribution < 1.29 is 23.9 Å². The van der Waals surface area contributed by atoms with Gasteiger partial charge < -0.3 is 14.4 Å². The predicted molar refractivity (Wildman–Crippen MR) is 95.5 cm³/mol. The molecule has 6 nitrogen and oxygen atoms in total. The lowest BCUT2D eigenvalue weighted by atomic mass is 10.1. The molecule has 1 fully saturated rings. The molecule has 1 saturated heterocycles. The summed E-state index contributed by atoms with van der Waals surface area (Å²) >= 11 is 0. The van der Waals surface area contributed by atoms with Crippen molar-refractivity contribution in [2.45, 2.75) is 13.3 Å². The normalized spacial score (nSPS) is 16.4. The second-order valence-electron chi connectivity index (χ2n) is 5.88. The molecule has 1 atom stereocenters. The molecule has 6 heteroatoms. The van der Waals surface area contributed by atoms with Crippen LogP contribution in [0.2, 0.25) is 0 Å². The zero-order valence-corrected chi connectivity index (χ0v) is 14.4. The average Bonchev–Trinajstić information content (AvgIpc) is 3.04. The third kappa shape index (κ3) is 3.59. The minimum Gasteiger partial charge on any atom is -0.492 e. The summed E-state index contributed by atoms with van der Waals surface area (Å²) in [7, 11) is 0. The van der Waals surface area contributed by atoms with Gasteiger partial charge in [0, 0.05) is 13.0 Å². The van der Waals surface area contributed by atoms with E-state index in [9.17, 15) is 14.4 Å². The van der Waals surface area contributed by atoms with Gasteiger partial charge in [-0.05, 0) is 31.2 Å². The molecule has 0 N–H and O–H groups in total. The molecule has 0 saturated carbocycles. The Hall–Kier alpha value is -3.15. The van der Waals surface area contributed by atoms with Crippen LogP contribution in [0.5, 0.6) is 11.5 Å². The van der Waals surface area contributed by atoms with Crippen LogP contribution in [0.3, 0.4) is 0 Å². The van der Waals surface area contributed by atoms with Gasteiger partial charge in [0.25, 0.3) is 0 Å². The highest BCUT2D eigenvalue weighted by Gasteiger charge is 2.37. The summed E-state index contributed by atoms with van der Waals surface area (Å²) in [5, 5.41) is 0. The van der Waals surface area contributed by atoms with E-state index in [0.29, 0.717) is 29.9 Å². The van der Waals surface area contributed by atoms with Crippen LogP contribution in [0.25, 0.3) is 0 Å². The first kappa shape index (κ1) is 17.7. The van der Waals surface area contributed by atoms with Crippen molar-refractivity contribution in [3.05, 3.63) is 54.1 Å². The molecule has 1 heterocycles. The number of benzene rings is 2. The highest BCUT2D eigenvalue weighted by atomic mass is 16.5. The molecule has 2 aromatic carbocycles. The molecule has 1 aliphatic heterocycles. The smallest absolute Gasteiger partial charge is 0.316 e. The maximum atomic E-state index is 12.5. The lowest BCUT2D eigenvalue weighted by Crippen LogP contribution is -2.27. The molecule has 0 radical (unpaired) electrons. The van der Waals surface area contributed by atoms with Crippen LogP contribution in [-0.4, -0.2) is 31.3 Å². The topological polar surface area (TPSA) is 72.9 Å². The maximum absolute atomic E-state index is 12.5. The van der Waals surface area contributed by atoms with Crippen LogP contribution in [0.1, 0.15) is 23.7 Å². The number of hydrogen-bond donors (Lipinski definition) is 0. The Morgan fingerprint density at radius 2 is 1.85 bits per heavy atom. The fraction of sp³-hybridized carbons (Fsp3) is 0.250. The van der Waals surface area contributed by atoms with E-state index < -0.39 is 11.9 Å². The maximum Gasteiger partial charge on any atom is 0.316 e. The van der Waals surface area contributed by atoms with Gasteiger partial charge in [-0.1, -0.05) is 24.3 Å². The number of esters is 1. The van der Waals surface area contributed by atoms with Crippen molar-refractivity contribution in [3.8, 4) is 11.5 Å². The van der Waals surface area contributed by atoms with E-state index >= 15 is 0 Å². The Labute approximate surface area is 151 Å². The first-order valence-electron chi connectivity index (χ1n) is 8.42. The zero-order chi connectivity index (χ0) is 18.5. The molecule has 2 aromatic rings. The van der Waals surface area contributed by atoms with Gasteiger partial charge in [-0.25, -0.2) is 0 Å². The summed E-state index contributed by atoms with van der Waals surface area (Å²) in [6.45, 7) is 2.56. The van der Waals surface area contributed by atoms with Crippen LogP contribution in [0.4, 0.5) is 5.69 Å². The van der Waals surface area contributed by atoms with Crippen molar-refractivity contribution in [1.82, 2.24) is 0 Å². The van der Waals surface area contributed by atoms with Gasteiger partial charge in [0.2, 0.25) is 5.91 Å². The molecule has 0 unspecified atom stereocenters. The van der Waals surface area contributed by atoms with E-state index in [1.807, 2.05) is 19.1 Å². The summed E-state index contributed by atoms with van der Waals surface area (Å²) in [5.41, 5.74) is 0.937. The number of para-hydroxylation sites is 3. The second-order valence-corrected chi connectivity index (χ2v) is 5.88. The summed E-state index contributed by atoms with van der Waals surface area (Å²) in [4.78, 5) is 37.5. The van der Waals surface area contributed by atoms with Crippen LogP contribution < -0.4 is 14.4 Å². The molecule has 1 amide bonds. The van der Waals surface area contributed by atoms with Gasteiger partial charge in [0.1, 0.15) is 11.5 Å². The molecule has 0 aliphatic carbocycles. The average molecular weight is 353 g/mol. The van der Waals surface area contributed by atoms with Gasteiger partial charge in [-0.2, -0.15) is 0 Å². The van der Waals surface area contributed by atoms with Gasteiger partial charge >= 0.3 is 5.97 Å². The quantitative estimate of drug-likeness (QED) is 0.454. The molecular formula is C20H19NO5. The number of carbonyl (C=O) groups is 3. The first-order valence-corrected chi connectivity index (χ1v) is 8.42. The van der Waals surface area contributed by atoms with E-state index in [2.05, 4.69) is 0 Å². The fourth-order valence-electron chi connectivity index (χ4n) is 2.92. The van der Waals surface area contributed by atoms with Gasteiger partial charge in [-0.3, -0.25) is 14.4 Å². The Balaban J connectivity index is 1.75. The highest BCUT2D eigenvalue weighted by Crippen LogP contribution is 2.33. The summed E-state index contributed by atoms with van der Waals surface area (Å²) < 4.78 is 10.9. The number of ether oxygens (including phenoxy) is 2. The second kappa shape index (κ2) is 7.82. The van der Waals surface area contributed by atoms with E-state index in [1.165, 1.54) is 0 Å². The molecule has 1 aliphatic rings. The number of anilines is 1. The summed E-state index contributed by atoms with van der Waals surface area (Å²) in [5.74, 6) is -0.486. The first-order chi connectivity index (χ1) is 12.6. The largest absolute Gasteiger partial charge is 0.492 e. The number of hydrogen-bond acceptors (Lipinski definition) is 5. The molecule has 0 spiro atoms. The fourth-order valence-corrected chi connectivity index (χ4v) is 2.92. The molecule has 26 heavy (non-hydrogen) atoms. The Morgan fingerprint density at radius 3 is 2.58 bits per heavy atom. The minimum atomic E-state index is -0.600. The van der Waals surface area contributed by atoms with Gasteiger partial charge in [-0.15, -0.1) is 0 Å². The van der Waals surface area contributed by atoms with Crippen molar-refractivity contribution in [3.63, 3.8) is 0 Å². The molecule has 0 aromatic heterocycles. The number of nitrogens with zero attached hydrogens (tertiary/aromatic N) is 1. The molecule has 3 rings (SSSR count). The van der Waals surface area contributed by atoms with Crippen molar-refractivity contribution in [1.29, 1.82) is 0 Å². The predicted octanol–water partition coefficient (Wildman–Crippen LogP) is 2.86. The third-order valence-corrected chi connectivity index (χ3v) is 4.17. The number of carbonyl (C=O) groups excluding carboxylic acids is 3. The van der Waals surface area contributed by atoms with Crippen LogP contribution in [0, 0.1) is 5.92 Å². The van der Waals surface area contributed by atoms with E-state index in [-0.39, 0.29) is 24.6 Å². The SMILES string of the molecule is CCOc1ccccc1N1C[C@H](C(=O)Oc2ccccc2C=O)CC1=O. The van der Waals surface area contributed by atoms with E-state index in [4.69, 9.17) is 9.47 Å². The van der Waals surface area contributed by atoms with Crippen molar-refractivity contribution in [2.24, 2.45) is 5.92 Å². The minimum absolute atomic E-state index is 0.0581. The molecular weight excluding hydrogens is 334 g/mol. The van der Waals surface area contributed by atoms with E-state index in [1.54, 1.807) is 41.3 Å². The Bertz CT molecular complexity index is 832. The van der Waals surface area contributed by atoms with Crippen molar-refractivity contribution in [2.75, 3.05) is 18.1 Å². The standard InChI is InChI=1S/C20H19NO5/c1-2-25-18-10-6-4-8-16(18)21-12-15(11-19(21)23)20(24)26-17-9-5-3-7-14(17)13-22/h3-10,13,15H,2,11-12H2,1H3/t15-/m1/s1. The van der Waals surface area contributed by atoms with Crippen LogP contribution >= 0.6 is 0 Å². The Morgan fingerprint density at radius 1 is 1.15 bits per heavy atom. The van der Waals surface area contributed by atoms with Crippen LogP contribution in [-0.2, 0) is 9.59 Å². The summed E-state index contributed by atoms with van der Waals surface area (Å²) in [6, 6.07) is 13.7. The highest BCUT2D eigenvalue weighted by molar-refractivity contribution is 6.01. The third-order valence-electron chi connectivity index (χ3n) is 4.17. The van der Waals surface area contributed by atoms with E-state index in [0.717, 1.165) is 0 Å². The molecule has 134 valence electrons. The number of amides is 1. The lowest BCUT2D eigenvalue weighted by molar-refractivity contribution is -0.139. The summed E-state index contributed by atoms with van der Waals surface area (Å²) in [6.07, 6.45) is 0.690. The number of aldehydes is 1. The van der Waals surface area contributed by atoms with Gasteiger partial charge in [0.15, 0.2) is 6.29 Å². The number of rotatable bonds is 6. The molecule has 0 bridgehead atoms. The van der Waals surface area contributed by atoms with Gasteiger partial charge in [0.05, 0.1) is 23.8 Å². The monoisotopic (exact) mass is 353 g/mol.